The van der Waals surface area contributed by atoms with Crippen molar-refractivity contribution in [1.82, 2.24) is 10.3 Å². The van der Waals surface area contributed by atoms with E-state index in [2.05, 4.69) is 20.6 Å². The fourth-order valence-electron chi connectivity index (χ4n) is 2.94. The molecule has 0 saturated heterocycles. The molecule has 3 rings (SSSR count). The van der Waals surface area contributed by atoms with Crippen molar-refractivity contribution in [2.75, 3.05) is 26.6 Å². The van der Waals surface area contributed by atoms with Gasteiger partial charge in [0.15, 0.2) is 11.5 Å². The van der Waals surface area contributed by atoms with Gasteiger partial charge in [-0.3, -0.25) is 15.1 Å². The topological polar surface area (TPSA) is 94.1 Å². The summed E-state index contributed by atoms with van der Waals surface area (Å²) >= 11 is 0. The lowest BCUT2D eigenvalue weighted by atomic mass is 10.1. The van der Waals surface area contributed by atoms with Crippen LogP contribution in [-0.4, -0.2) is 38.2 Å². The maximum atomic E-state index is 13.1. The molecule has 166 valence electrons. The third-order valence-corrected chi connectivity index (χ3v) is 4.62. The molecule has 0 aliphatic carbocycles. The highest BCUT2D eigenvalue weighted by atomic mass is 16.5. The smallest absolute Gasteiger partial charge is 0.258 e. The van der Waals surface area contributed by atoms with Crippen LogP contribution in [-0.2, 0) is 6.54 Å². The number of aromatic nitrogens is 1. The molecule has 0 radical (unpaired) electrons. The molecule has 2 N–H and O–H groups in total. The number of nitrogens with one attached hydrogen (secondary N) is 2. The van der Waals surface area contributed by atoms with Crippen LogP contribution in [0.15, 0.2) is 65.9 Å². The Bertz CT molecular complexity index is 1060. The summed E-state index contributed by atoms with van der Waals surface area (Å²) in [6.07, 6.45) is 3.43. The molecule has 0 aliphatic rings. The summed E-state index contributed by atoms with van der Waals surface area (Å²) in [6.45, 7) is 2.35. The standard InChI is InChI=1S/C24H26N4O4/c1-16-7-9-19(10-8-16)27-24(26-15-17-6-5-11-25-14-17)28-23(29)18-12-20(30-2)22(32-4)21(13-18)31-3/h5-14H,15H2,1-4H3,(H2,26,27,28,29). The number of aliphatic imine (C=N–C) groups is 1. The number of anilines is 1. The Morgan fingerprint density at radius 2 is 1.69 bits per heavy atom. The van der Waals surface area contributed by atoms with E-state index < -0.39 is 0 Å². The van der Waals surface area contributed by atoms with Gasteiger partial charge in [0, 0.05) is 23.6 Å². The lowest BCUT2D eigenvalue weighted by Gasteiger charge is -2.15. The predicted octanol–water partition coefficient (Wildman–Crippen LogP) is 3.81. The molecule has 0 saturated carbocycles. The van der Waals surface area contributed by atoms with Gasteiger partial charge in [0.25, 0.3) is 5.91 Å². The first-order chi connectivity index (χ1) is 15.5. The fraction of sp³-hybridized carbons (Fsp3) is 0.208. The number of carbonyl (C=O) groups excluding carboxylic acids is 1. The molecule has 32 heavy (non-hydrogen) atoms. The highest BCUT2D eigenvalue weighted by Crippen LogP contribution is 2.38. The molecule has 0 spiro atoms. The van der Waals surface area contributed by atoms with Crippen LogP contribution in [0.25, 0.3) is 0 Å². The number of hydrogen-bond donors (Lipinski definition) is 2. The maximum absolute atomic E-state index is 13.1. The summed E-state index contributed by atoms with van der Waals surface area (Å²) in [6, 6.07) is 14.7. The summed E-state index contributed by atoms with van der Waals surface area (Å²) in [5.41, 5.74) is 3.17. The first-order valence-electron chi connectivity index (χ1n) is 9.92. The SMILES string of the molecule is COc1cc(C(=O)NC(=NCc2cccnc2)Nc2ccc(C)cc2)cc(OC)c1OC. The second-order valence-electron chi connectivity index (χ2n) is 6.89. The van der Waals surface area contributed by atoms with Crippen LogP contribution in [0.3, 0.4) is 0 Å². The van der Waals surface area contributed by atoms with Crippen molar-refractivity contribution in [1.29, 1.82) is 0 Å². The Balaban J connectivity index is 1.87. The zero-order valence-corrected chi connectivity index (χ0v) is 18.5. The summed E-state index contributed by atoms with van der Waals surface area (Å²) in [4.78, 5) is 21.7. The van der Waals surface area contributed by atoms with Crippen LogP contribution in [0, 0.1) is 6.92 Å². The summed E-state index contributed by atoms with van der Waals surface area (Å²) < 4.78 is 16.0. The minimum absolute atomic E-state index is 0.302. The van der Waals surface area contributed by atoms with Crippen LogP contribution in [0.1, 0.15) is 21.5 Å². The Morgan fingerprint density at radius 3 is 2.25 bits per heavy atom. The second-order valence-corrected chi connectivity index (χ2v) is 6.89. The van der Waals surface area contributed by atoms with Crippen molar-refractivity contribution in [3.05, 3.63) is 77.6 Å². The van der Waals surface area contributed by atoms with Gasteiger partial charge in [-0.1, -0.05) is 23.8 Å². The highest BCUT2D eigenvalue weighted by Gasteiger charge is 2.18. The van der Waals surface area contributed by atoms with Gasteiger partial charge in [-0.05, 0) is 42.8 Å². The molecular weight excluding hydrogens is 408 g/mol. The van der Waals surface area contributed by atoms with Crippen LogP contribution in [0.2, 0.25) is 0 Å². The lowest BCUT2D eigenvalue weighted by Crippen LogP contribution is -2.36. The van der Waals surface area contributed by atoms with Crippen molar-refractivity contribution in [2.45, 2.75) is 13.5 Å². The van der Waals surface area contributed by atoms with Crippen LogP contribution in [0.5, 0.6) is 17.2 Å². The van der Waals surface area contributed by atoms with E-state index in [1.54, 1.807) is 24.5 Å². The molecule has 8 heteroatoms. The van der Waals surface area contributed by atoms with E-state index in [4.69, 9.17) is 14.2 Å². The largest absolute Gasteiger partial charge is 0.493 e. The number of carbonyl (C=O) groups is 1. The molecule has 1 amide bonds. The Hall–Kier alpha value is -4.07. The molecule has 0 fully saturated rings. The Labute approximate surface area is 187 Å². The van der Waals surface area contributed by atoms with E-state index in [9.17, 15) is 4.79 Å². The van der Waals surface area contributed by atoms with E-state index in [0.717, 1.165) is 16.8 Å². The van der Waals surface area contributed by atoms with Gasteiger partial charge in [-0.2, -0.15) is 0 Å². The Morgan fingerprint density at radius 1 is 1.00 bits per heavy atom. The number of benzene rings is 2. The number of guanidine groups is 1. The number of hydrogen-bond acceptors (Lipinski definition) is 6. The zero-order valence-electron chi connectivity index (χ0n) is 18.5. The van der Waals surface area contributed by atoms with E-state index in [0.29, 0.717) is 35.3 Å². The van der Waals surface area contributed by atoms with Crippen molar-refractivity contribution in [3.8, 4) is 17.2 Å². The summed E-state index contributed by atoms with van der Waals surface area (Å²) in [7, 11) is 4.51. The van der Waals surface area contributed by atoms with Gasteiger partial charge in [-0.25, -0.2) is 4.99 Å². The van der Waals surface area contributed by atoms with Crippen molar-refractivity contribution < 1.29 is 19.0 Å². The summed E-state index contributed by atoms with van der Waals surface area (Å²) in [5.74, 6) is 1.11. The summed E-state index contributed by atoms with van der Waals surface area (Å²) in [5, 5.41) is 6.00. The van der Waals surface area contributed by atoms with Crippen LogP contribution >= 0.6 is 0 Å². The normalized spacial score (nSPS) is 10.9. The second kappa shape index (κ2) is 10.8. The van der Waals surface area contributed by atoms with Crippen molar-refractivity contribution in [3.63, 3.8) is 0 Å². The van der Waals surface area contributed by atoms with E-state index >= 15 is 0 Å². The van der Waals surface area contributed by atoms with E-state index in [-0.39, 0.29) is 5.91 Å². The maximum Gasteiger partial charge on any atom is 0.258 e. The fourth-order valence-corrected chi connectivity index (χ4v) is 2.94. The third kappa shape index (κ3) is 5.75. The molecule has 0 aliphatic heterocycles. The number of rotatable bonds is 7. The van der Waals surface area contributed by atoms with Crippen molar-refractivity contribution >= 4 is 17.6 Å². The zero-order chi connectivity index (χ0) is 22.9. The molecule has 1 aromatic heterocycles. The van der Waals surface area contributed by atoms with Crippen LogP contribution < -0.4 is 24.8 Å². The third-order valence-electron chi connectivity index (χ3n) is 4.62. The molecule has 1 heterocycles. The van der Waals surface area contributed by atoms with E-state index in [1.165, 1.54) is 21.3 Å². The van der Waals surface area contributed by atoms with E-state index in [1.807, 2.05) is 43.3 Å². The number of amides is 1. The number of ether oxygens (including phenoxy) is 3. The van der Waals surface area contributed by atoms with Gasteiger partial charge < -0.3 is 19.5 Å². The van der Waals surface area contributed by atoms with Gasteiger partial charge in [0.2, 0.25) is 11.7 Å². The highest BCUT2D eigenvalue weighted by molar-refractivity contribution is 6.10. The molecule has 2 aromatic carbocycles. The Kier molecular flexibility index (Phi) is 7.64. The molecule has 0 unspecified atom stereocenters. The number of methoxy groups -OCH3 is 3. The minimum Gasteiger partial charge on any atom is -0.493 e. The quantitative estimate of drug-likeness (QED) is 0.434. The minimum atomic E-state index is -0.381. The molecule has 0 atom stereocenters. The molecule has 0 bridgehead atoms. The monoisotopic (exact) mass is 434 g/mol. The van der Waals surface area contributed by atoms with Gasteiger partial charge in [-0.15, -0.1) is 0 Å². The number of pyridine rings is 1. The van der Waals surface area contributed by atoms with Gasteiger partial charge >= 0.3 is 0 Å². The first-order valence-corrected chi connectivity index (χ1v) is 9.92. The first kappa shape index (κ1) is 22.6. The molecular formula is C24H26N4O4. The molecule has 3 aromatic rings. The number of aryl methyl sites for hydroxylation is 1. The van der Waals surface area contributed by atoms with Crippen molar-refractivity contribution in [2.24, 2.45) is 4.99 Å². The van der Waals surface area contributed by atoms with Crippen LogP contribution in [0.4, 0.5) is 5.69 Å². The van der Waals surface area contributed by atoms with Gasteiger partial charge in [0.05, 0.1) is 27.9 Å². The van der Waals surface area contributed by atoms with Gasteiger partial charge in [0.1, 0.15) is 0 Å². The lowest BCUT2D eigenvalue weighted by molar-refractivity contribution is 0.0976. The number of nitrogens with zero attached hydrogens (tertiary/aromatic N) is 2. The molecule has 8 nitrogen and oxygen atoms in total. The average molecular weight is 434 g/mol. The average Bonchev–Trinajstić information content (AvgIpc) is 2.83. The predicted molar refractivity (Wildman–Crippen MR) is 124 cm³/mol.